The molecule has 0 fully saturated rings. The Labute approximate surface area is 125 Å². The molecule has 0 bridgehead atoms. The average Bonchev–Trinajstić information content (AvgIpc) is 2.52. The van der Waals surface area contributed by atoms with E-state index in [-0.39, 0.29) is 24.7 Å². The predicted molar refractivity (Wildman–Crippen MR) is 74.8 cm³/mol. The minimum Gasteiger partial charge on any atom is -0.489 e. The first-order chi connectivity index (χ1) is 10.6. The summed E-state index contributed by atoms with van der Waals surface area (Å²) in [6.45, 7) is 0.659. The van der Waals surface area contributed by atoms with E-state index >= 15 is 0 Å². The zero-order valence-electron chi connectivity index (χ0n) is 11.5. The van der Waals surface area contributed by atoms with Gasteiger partial charge in [0.15, 0.2) is 5.75 Å². The van der Waals surface area contributed by atoms with Gasteiger partial charge in [-0.1, -0.05) is 6.07 Å². The molecule has 0 unspecified atom stereocenters. The van der Waals surface area contributed by atoms with E-state index in [0.29, 0.717) is 23.7 Å². The fourth-order valence-electron chi connectivity index (χ4n) is 2.13. The Morgan fingerprint density at radius 2 is 2.05 bits per heavy atom. The highest BCUT2D eigenvalue weighted by atomic mass is 19.1. The van der Waals surface area contributed by atoms with Crippen LogP contribution in [-0.2, 0) is 6.61 Å². The van der Waals surface area contributed by atoms with Crippen molar-refractivity contribution in [2.75, 3.05) is 13.2 Å². The SMILES string of the molecule is O=[N+]([O-])c1cc(COc2cccc(F)c2)cc2c1OCCO2. The highest BCUT2D eigenvalue weighted by molar-refractivity contribution is 5.58. The molecule has 0 aromatic heterocycles. The lowest BCUT2D eigenvalue weighted by molar-refractivity contribution is -0.386. The van der Waals surface area contributed by atoms with Crippen molar-refractivity contribution < 1.29 is 23.5 Å². The van der Waals surface area contributed by atoms with E-state index in [1.807, 2.05) is 0 Å². The van der Waals surface area contributed by atoms with Crippen LogP contribution in [0.3, 0.4) is 0 Å². The predicted octanol–water partition coefficient (Wildman–Crippen LogP) is 3.08. The molecule has 22 heavy (non-hydrogen) atoms. The second-order valence-electron chi connectivity index (χ2n) is 4.64. The lowest BCUT2D eigenvalue weighted by Gasteiger charge is -2.19. The van der Waals surface area contributed by atoms with Crippen LogP contribution in [0.15, 0.2) is 36.4 Å². The second-order valence-corrected chi connectivity index (χ2v) is 4.64. The number of rotatable bonds is 4. The van der Waals surface area contributed by atoms with Crippen LogP contribution < -0.4 is 14.2 Å². The van der Waals surface area contributed by atoms with E-state index < -0.39 is 10.7 Å². The molecule has 1 aliphatic rings. The molecule has 7 heteroatoms. The fourth-order valence-corrected chi connectivity index (χ4v) is 2.13. The summed E-state index contributed by atoms with van der Waals surface area (Å²) < 4.78 is 29.2. The quantitative estimate of drug-likeness (QED) is 0.641. The summed E-state index contributed by atoms with van der Waals surface area (Å²) >= 11 is 0. The Kier molecular flexibility index (Phi) is 3.78. The van der Waals surface area contributed by atoms with Gasteiger partial charge in [0, 0.05) is 17.7 Å². The molecular weight excluding hydrogens is 293 g/mol. The molecule has 1 heterocycles. The van der Waals surface area contributed by atoms with Crippen molar-refractivity contribution in [2.24, 2.45) is 0 Å². The molecule has 0 amide bonds. The van der Waals surface area contributed by atoms with Crippen molar-refractivity contribution in [2.45, 2.75) is 6.61 Å². The highest BCUT2D eigenvalue weighted by Gasteiger charge is 2.25. The highest BCUT2D eigenvalue weighted by Crippen LogP contribution is 2.40. The van der Waals surface area contributed by atoms with Crippen LogP contribution >= 0.6 is 0 Å². The molecule has 0 saturated heterocycles. The molecule has 0 radical (unpaired) electrons. The maximum Gasteiger partial charge on any atom is 0.315 e. The summed E-state index contributed by atoms with van der Waals surface area (Å²) in [5.74, 6) is 0.382. The van der Waals surface area contributed by atoms with Crippen LogP contribution in [-0.4, -0.2) is 18.1 Å². The molecular formula is C15H12FNO5. The van der Waals surface area contributed by atoms with Gasteiger partial charge < -0.3 is 14.2 Å². The smallest absolute Gasteiger partial charge is 0.315 e. The van der Waals surface area contributed by atoms with Crippen molar-refractivity contribution in [1.82, 2.24) is 0 Å². The van der Waals surface area contributed by atoms with Crippen LogP contribution in [0.1, 0.15) is 5.56 Å². The molecule has 0 spiro atoms. The van der Waals surface area contributed by atoms with Gasteiger partial charge in [0.1, 0.15) is 31.4 Å². The van der Waals surface area contributed by atoms with Gasteiger partial charge in [0.05, 0.1) is 4.92 Å². The second kappa shape index (κ2) is 5.88. The number of nitro groups is 1. The monoisotopic (exact) mass is 305 g/mol. The van der Waals surface area contributed by atoms with Crippen LogP contribution in [0.4, 0.5) is 10.1 Å². The van der Waals surface area contributed by atoms with Gasteiger partial charge in [-0.3, -0.25) is 10.1 Å². The Balaban J connectivity index is 1.84. The number of benzene rings is 2. The molecule has 6 nitrogen and oxygen atoms in total. The first-order valence-corrected chi connectivity index (χ1v) is 6.59. The van der Waals surface area contributed by atoms with Crippen molar-refractivity contribution in [3.63, 3.8) is 0 Å². The van der Waals surface area contributed by atoms with Crippen LogP contribution in [0.2, 0.25) is 0 Å². The lowest BCUT2D eigenvalue weighted by atomic mass is 10.1. The Morgan fingerprint density at radius 3 is 2.82 bits per heavy atom. The van der Waals surface area contributed by atoms with E-state index in [4.69, 9.17) is 14.2 Å². The summed E-state index contributed by atoms with van der Waals surface area (Å²) in [5.41, 5.74) is 0.371. The average molecular weight is 305 g/mol. The molecule has 114 valence electrons. The van der Waals surface area contributed by atoms with Gasteiger partial charge in [-0.2, -0.15) is 0 Å². The van der Waals surface area contributed by atoms with Crippen LogP contribution in [0.5, 0.6) is 17.2 Å². The first kappa shape index (κ1) is 14.1. The normalized spacial score (nSPS) is 12.8. The maximum atomic E-state index is 13.1. The number of nitrogens with zero attached hydrogens (tertiary/aromatic N) is 1. The molecule has 0 atom stereocenters. The zero-order valence-corrected chi connectivity index (χ0v) is 11.5. The van der Waals surface area contributed by atoms with E-state index in [1.54, 1.807) is 12.1 Å². The molecule has 0 saturated carbocycles. The molecule has 1 aliphatic heterocycles. The van der Waals surface area contributed by atoms with Gasteiger partial charge >= 0.3 is 5.69 Å². The molecule has 0 aliphatic carbocycles. The Morgan fingerprint density at radius 1 is 1.23 bits per heavy atom. The third kappa shape index (κ3) is 2.93. The van der Waals surface area contributed by atoms with Gasteiger partial charge in [0.2, 0.25) is 5.75 Å². The molecule has 3 rings (SSSR count). The van der Waals surface area contributed by atoms with E-state index in [1.165, 1.54) is 24.3 Å². The topological polar surface area (TPSA) is 70.8 Å². The Hall–Kier alpha value is -2.83. The van der Waals surface area contributed by atoms with E-state index in [0.717, 1.165) is 0 Å². The van der Waals surface area contributed by atoms with Crippen LogP contribution in [0.25, 0.3) is 0 Å². The minimum atomic E-state index is -0.529. The summed E-state index contributed by atoms with van der Waals surface area (Å²) in [4.78, 5) is 10.6. The molecule has 0 N–H and O–H groups in total. The summed E-state index contributed by atoms with van der Waals surface area (Å²) in [6, 6.07) is 8.67. The number of hydrogen-bond acceptors (Lipinski definition) is 5. The number of ether oxygens (including phenoxy) is 3. The van der Waals surface area contributed by atoms with Crippen molar-refractivity contribution >= 4 is 5.69 Å². The minimum absolute atomic E-state index is 0.0565. The third-order valence-corrected chi connectivity index (χ3v) is 3.08. The van der Waals surface area contributed by atoms with E-state index in [9.17, 15) is 14.5 Å². The van der Waals surface area contributed by atoms with Gasteiger partial charge in [0.25, 0.3) is 0 Å². The number of halogens is 1. The van der Waals surface area contributed by atoms with E-state index in [2.05, 4.69) is 0 Å². The van der Waals surface area contributed by atoms with Gasteiger partial charge in [-0.05, 0) is 18.2 Å². The van der Waals surface area contributed by atoms with Gasteiger partial charge in [-0.25, -0.2) is 4.39 Å². The zero-order chi connectivity index (χ0) is 15.5. The number of nitro benzene ring substituents is 1. The van der Waals surface area contributed by atoms with Crippen LogP contribution in [0, 0.1) is 15.9 Å². The van der Waals surface area contributed by atoms with Crippen molar-refractivity contribution in [3.8, 4) is 17.2 Å². The molecule has 2 aromatic carbocycles. The van der Waals surface area contributed by atoms with Crippen molar-refractivity contribution in [1.29, 1.82) is 0 Å². The summed E-state index contributed by atoms with van der Waals surface area (Å²) in [6.07, 6.45) is 0. The van der Waals surface area contributed by atoms with Gasteiger partial charge in [-0.15, -0.1) is 0 Å². The lowest BCUT2D eigenvalue weighted by Crippen LogP contribution is -2.17. The first-order valence-electron chi connectivity index (χ1n) is 6.59. The number of hydrogen-bond donors (Lipinski definition) is 0. The number of fused-ring (bicyclic) bond motifs is 1. The molecule has 2 aromatic rings. The summed E-state index contributed by atoms with van der Waals surface area (Å²) in [5, 5.41) is 11.1. The Bertz CT molecular complexity index is 719. The largest absolute Gasteiger partial charge is 0.489 e. The standard InChI is InChI=1S/C15H12FNO5/c16-11-2-1-3-12(8-11)22-9-10-6-13(17(18)19)15-14(7-10)20-4-5-21-15/h1-3,6-8H,4-5,9H2. The maximum absolute atomic E-state index is 13.1. The fraction of sp³-hybridized carbons (Fsp3) is 0.200. The van der Waals surface area contributed by atoms with Crippen molar-refractivity contribution in [3.05, 3.63) is 57.9 Å². The summed E-state index contributed by atoms with van der Waals surface area (Å²) in [7, 11) is 0. The third-order valence-electron chi connectivity index (χ3n) is 3.08.